The Hall–Kier alpha value is -0.200. The molecular weight excluding hydrogens is 212 g/mol. The summed E-state index contributed by atoms with van der Waals surface area (Å²) in [7, 11) is 0. The Labute approximate surface area is 96.2 Å². The predicted octanol–water partition coefficient (Wildman–Crippen LogP) is 1.05. The van der Waals surface area contributed by atoms with Crippen molar-refractivity contribution in [3.8, 4) is 0 Å². The molecule has 1 fully saturated rings. The summed E-state index contributed by atoms with van der Waals surface area (Å²) in [4.78, 5) is 9.69. The molecule has 0 amide bonds. The maximum absolute atomic E-state index is 9.47. The Balaban J connectivity index is 2.40. The SMILES string of the molecule is CC1COOOCCCCC1CC(O)CO. The van der Waals surface area contributed by atoms with Crippen molar-refractivity contribution in [2.24, 2.45) is 11.8 Å². The summed E-state index contributed by atoms with van der Waals surface area (Å²) in [5, 5.41) is 22.9. The van der Waals surface area contributed by atoms with Gasteiger partial charge in [0.15, 0.2) is 0 Å². The van der Waals surface area contributed by atoms with Crippen molar-refractivity contribution >= 4 is 0 Å². The lowest BCUT2D eigenvalue weighted by atomic mass is 9.85. The maximum atomic E-state index is 9.47. The van der Waals surface area contributed by atoms with Gasteiger partial charge in [-0.15, -0.1) is 0 Å². The Kier molecular flexibility index (Phi) is 6.91. The summed E-state index contributed by atoms with van der Waals surface area (Å²) in [6, 6.07) is 0. The highest BCUT2D eigenvalue weighted by molar-refractivity contribution is 4.70. The molecule has 0 bridgehead atoms. The fourth-order valence-electron chi connectivity index (χ4n) is 1.97. The van der Waals surface area contributed by atoms with E-state index in [-0.39, 0.29) is 12.5 Å². The van der Waals surface area contributed by atoms with Crippen molar-refractivity contribution < 1.29 is 25.0 Å². The standard InChI is InChI=1S/C11H22O5/c1-9-8-15-16-14-5-3-2-4-10(9)6-11(13)7-12/h9-13H,2-8H2,1H3. The van der Waals surface area contributed by atoms with Gasteiger partial charge < -0.3 is 10.2 Å². The van der Waals surface area contributed by atoms with Gasteiger partial charge in [-0.2, -0.15) is 0 Å². The molecule has 5 heteroatoms. The van der Waals surface area contributed by atoms with Crippen molar-refractivity contribution in [2.45, 2.75) is 38.7 Å². The van der Waals surface area contributed by atoms with Gasteiger partial charge in [0.1, 0.15) is 0 Å². The van der Waals surface area contributed by atoms with E-state index in [0.29, 0.717) is 25.6 Å². The molecule has 0 aliphatic carbocycles. The third kappa shape index (κ3) is 5.23. The topological polar surface area (TPSA) is 68.2 Å². The van der Waals surface area contributed by atoms with Gasteiger partial charge in [-0.05, 0) is 31.1 Å². The minimum Gasteiger partial charge on any atom is -0.394 e. The zero-order valence-corrected chi connectivity index (χ0v) is 9.80. The van der Waals surface area contributed by atoms with E-state index in [1.54, 1.807) is 0 Å². The van der Waals surface area contributed by atoms with Gasteiger partial charge in [-0.3, -0.25) is 0 Å². The quantitative estimate of drug-likeness (QED) is 0.714. The van der Waals surface area contributed by atoms with Crippen LogP contribution in [0.5, 0.6) is 0 Å². The predicted molar refractivity (Wildman–Crippen MR) is 57.2 cm³/mol. The molecular formula is C11H22O5. The second-order valence-corrected chi connectivity index (χ2v) is 4.48. The highest BCUT2D eigenvalue weighted by Gasteiger charge is 2.21. The first-order chi connectivity index (χ1) is 7.74. The van der Waals surface area contributed by atoms with Gasteiger partial charge in [-0.1, -0.05) is 18.4 Å². The number of aliphatic hydroxyl groups excluding tert-OH is 2. The minimum absolute atomic E-state index is 0.177. The molecule has 1 rings (SSSR count). The van der Waals surface area contributed by atoms with Crippen molar-refractivity contribution in [1.82, 2.24) is 0 Å². The highest BCUT2D eigenvalue weighted by Crippen LogP contribution is 2.25. The lowest BCUT2D eigenvalue weighted by molar-refractivity contribution is -0.516. The Morgan fingerprint density at radius 3 is 2.88 bits per heavy atom. The lowest BCUT2D eigenvalue weighted by Crippen LogP contribution is -2.25. The molecule has 0 aromatic carbocycles. The summed E-state index contributed by atoms with van der Waals surface area (Å²) in [5.41, 5.74) is 0. The van der Waals surface area contributed by atoms with Crippen LogP contribution in [-0.2, 0) is 14.8 Å². The van der Waals surface area contributed by atoms with E-state index in [2.05, 4.69) is 12.0 Å². The van der Waals surface area contributed by atoms with Gasteiger partial charge in [0.05, 0.1) is 25.9 Å². The fourth-order valence-corrected chi connectivity index (χ4v) is 1.97. The van der Waals surface area contributed by atoms with Crippen LogP contribution in [0.2, 0.25) is 0 Å². The molecule has 3 atom stereocenters. The maximum Gasteiger partial charge on any atom is 0.0882 e. The van der Waals surface area contributed by atoms with E-state index < -0.39 is 6.10 Å². The van der Waals surface area contributed by atoms with Crippen LogP contribution in [0.4, 0.5) is 0 Å². The monoisotopic (exact) mass is 234 g/mol. The summed E-state index contributed by atoms with van der Waals surface area (Å²) in [6.45, 7) is 2.86. The van der Waals surface area contributed by atoms with Gasteiger partial charge in [-0.25, -0.2) is 9.78 Å². The third-order valence-electron chi connectivity index (χ3n) is 3.07. The fraction of sp³-hybridized carbons (Fsp3) is 1.00. The minimum atomic E-state index is -0.632. The molecule has 2 N–H and O–H groups in total. The van der Waals surface area contributed by atoms with Crippen LogP contribution in [0.25, 0.3) is 0 Å². The molecule has 96 valence electrons. The van der Waals surface area contributed by atoms with E-state index in [1.165, 1.54) is 0 Å². The van der Waals surface area contributed by atoms with Crippen molar-refractivity contribution in [3.05, 3.63) is 0 Å². The van der Waals surface area contributed by atoms with Gasteiger partial charge >= 0.3 is 0 Å². The third-order valence-corrected chi connectivity index (χ3v) is 3.07. The molecule has 1 aliphatic rings. The van der Waals surface area contributed by atoms with Crippen LogP contribution in [-0.4, -0.2) is 36.1 Å². The van der Waals surface area contributed by atoms with E-state index in [4.69, 9.17) is 14.9 Å². The first-order valence-electron chi connectivity index (χ1n) is 5.94. The smallest absolute Gasteiger partial charge is 0.0882 e. The summed E-state index contributed by atoms with van der Waals surface area (Å²) in [6.07, 6.45) is 2.96. The Morgan fingerprint density at radius 1 is 1.31 bits per heavy atom. The molecule has 16 heavy (non-hydrogen) atoms. The molecule has 3 unspecified atom stereocenters. The first kappa shape index (κ1) is 13.9. The van der Waals surface area contributed by atoms with E-state index >= 15 is 0 Å². The van der Waals surface area contributed by atoms with Crippen LogP contribution in [0.1, 0.15) is 32.6 Å². The van der Waals surface area contributed by atoms with Crippen LogP contribution in [0.3, 0.4) is 0 Å². The Morgan fingerprint density at radius 2 is 2.12 bits per heavy atom. The highest BCUT2D eigenvalue weighted by atomic mass is 17.5. The number of aliphatic hydroxyl groups is 2. The molecule has 0 aromatic heterocycles. The zero-order valence-electron chi connectivity index (χ0n) is 9.80. The van der Waals surface area contributed by atoms with Crippen LogP contribution >= 0.6 is 0 Å². The summed E-state index contributed by atoms with van der Waals surface area (Å²) in [5.74, 6) is 0.631. The van der Waals surface area contributed by atoms with Gasteiger partial charge in [0, 0.05) is 0 Å². The van der Waals surface area contributed by atoms with Crippen molar-refractivity contribution in [2.75, 3.05) is 19.8 Å². The first-order valence-corrected chi connectivity index (χ1v) is 5.94. The van der Waals surface area contributed by atoms with Crippen LogP contribution in [0.15, 0.2) is 0 Å². The number of hydrogen-bond donors (Lipinski definition) is 2. The van der Waals surface area contributed by atoms with E-state index in [0.717, 1.165) is 19.3 Å². The van der Waals surface area contributed by atoms with Crippen molar-refractivity contribution in [1.29, 1.82) is 0 Å². The largest absolute Gasteiger partial charge is 0.394 e. The number of rotatable bonds is 3. The average Bonchev–Trinajstić information content (AvgIpc) is 2.30. The summed E-state index contributed by atoms with van der Waals surface area (Å²) < 4.78 is 0. The van der Waals surface area contributed by atoms with E-state index in [1.807, 2.05) is 0 Å². The average molecular weight is 234 g/mol. The molecule has 0 aromatic rings. The number of hydrogen-bond acceptors (Lipinski definition) is 5. The molecule has 5 nitrogen and oxygen atoms in total. The van der Waals surface area contributed by atoms with Gasteiger partial charge in [0.2, 0.25) is 0 Å². The van der Waals surface area contributed by atoms with Crippen LogP contribution < -0.4 is 0 Å². The van der Waals surface area contributed by atoms with Crippen molar-refractivity contribution in [3.63, 3.8) is 0 Å². The molecule has 0 saturated carbocycles. The lowest BCUT2D eigenvalue weighted by Gasteiger charge is -2.25. The molecule has 1 aliphatic heterocycles. The summed E-state index contributed by atoms with van der Waals surface area (Å²) >= 11 is 0. The molecule has 0 spiro atoms. The van der Waals surface area contributed by atoms with Crippen LogP contribution in [0, 0.1) is 11.8 Å². The second-order valence-electron chi connectivity index (χ2n) is 4.48. The van der Waals surface area contributed by atoms with E-state index in [9.17, 15) is 5.11 Å². The molecule has 0 radical (unpaired) electrons. The Bertz CT molecular complexity index is 176. The van der Waals surface area contributed by atoms with Gasteiger partial charge in [0.25, 0.3) is 0 Å². The second kappa shape index (κ2) is 7.97. The molecule has 1 saturated heterocycles. The normalized spacial score (nSPS) is 30.9. The zero-order chi connectivity index (χ0) is 11.8. The molecule has 1 heterocycles.